The van der Waals surface area contributed by atoms with Gasteiger partial charge < -0.3 is 9.31 Å². The van der Waals surface area contributed by atoms with Gasteiger partial charge in [0.25, 0.3) is 0 Å². The van der Waals surface area contributed by atoms with Crippen molar-refractivity contribution in [1.82, 2.24) is 0 Å². The fourth-order valence-electron chi connectivity index (χ4n) is 3.57. The first-order valence-electron chi connectivity index (χ1n) is 10.1. The van der Waals surface area contributed by atoms with Crippen LogP contribution in [0.3, 0.4) is 0 Å². The largest absolute Gasteiger partial charge is 0.496 e. The minimum Gasteiger partial charge on any atom is -0.399 e. The number of nitrogens with zero attached hydrogens (tertiary/aromatic N) is 6. The maximum atomic E-state index is 9.93. The van der Waals surface area contributed by atoms with E-state index in [1.165, 1.54) is 18.2 Å². The average molecular weight is 432 g/mol. The summed E-state index contributed by atoms with van der Waals surface area (Å²) < 4.78 is 12.2. The van der Waals surface area contributed by atoms with Crippen molar-refractivity contribution in [2.24, 2.45) is 9.98 Å². The van der Waals surface area contributed by atoms with Crippen molar-refractivity contribution in [1.29, 1.82) is 15.8 Å². The summed E-state index contributed by atoms with van der Waals surface area (Å²) in [5.41, 5.74) is 0.603. The van der Waals surface area contributed by atoms with E-state index in [1.54, 1.807) is 12.1 Å². The van der Waals surface area contributed by atoms with Crippen LogP contribution in [0.2, 0.25) is 0 Å². The molecule has 0 N–H and O–H groups in total. The van der Waals surface area contributed by atoms with Gasteiger partial charge in [-0.15, -0.1) is 0 Å². The molecule has 2 heterocycles. The molecule has 2 aromatic rings. The van der Waals surface area contributed by atoms with Crippen LogP contribution in [0.5, 0.6) is 0 Å². The van der Waals surface area contributed by atoms with Crippen LogP contribution in [-0.4, -0.2) is 18.3 Å². The highest BCUT2D eigenvalue weighted by atomic mass is 16.7. The van der Waals surface area contributed by atoms with Crippen molar-refractivity contribution in [2.75, 3.05) is 0 Å². The van der Waals surface area contributed by atoms with E-state index in [1.807, 2.05) is 33.8 Å². The van der Waals surface area contributed by atoms with Crippen molar-refractivity contribution >= 4 is 23.8 Å². The Morgan fingerprint density at radius 1 is 1.00 bits per heavy atom. The number of nitriles is 3. The van der Waals surface area contributed by atoms with Gasteiger partial charge >= 0.3 is 7.12 Å². The molecule has 0 amide bonds. The summed E-state index contributed by atoms with van der Waals surface area (Å²) in [6.07, 6.45) is 0. The van der Waals surface area contributed by atoms with Crippen molar-refractivity contribution < 1.29 is 9.31 Å². The molecule has 33 heavy (non-hydrogen) atoms. The maximum Gasteiger partial charge on any atom is 0.496 e. The number of fused-ring (bicyclic) bond motifs is 1. The molecule has 4 rings (SSSR count). The smallest absolute Gasteiger partial charge is 0.399 e. The zero-order valence-electron chi connectivity index (χ0n) is 18.5. The van der Waals surface area contributed by atoms with Gasteiger partial charge in [0.1, 0.15) is 23.1 Å². The summed E-state index contributed by atoms with van der Waals surface area (Å²) in [4.78, 5) is 12.3. The molecule has 0 aromatic heterocycles. The summed E-state index contributed by atoms with van der Waals surface area (Å²) in [6, 6.07) is 14.1. The summed E-state index contributed by atoms with van der Waals surface area (Å²) in [6.45, 7) is 15.0. The third-order valence-corrected chi connectivity index (χ3v) is 6.05. The fourth-order valence-corrected chi connectivity index (χ4v) is 3.57. The molecule has 0 radical (unpaired) electrons. The lowest BCUT2D eigenvalue weighted by atomic mass is 9.76. The van der Waals surface area contributed by atoms with E-state index >= 15 is 0 Å². The zero-order valence-corrected chi connectivity index (χ0v) is 18.5. The van der Waals surface area contributed by atoms with E-state index in [0.29, 0.717) is 21.7 Å². The van der Waals surface area contributed by atoms with Gasteiger partial charge in [0.05, 0.1) is 34.8 Å². The summed E-state index contributed by atoms with van der Waals surface area (Å²) in [7, 11) is -0.748. The Morgan fingerprint density at radius 3 is 2.27 bits per heavy atom. The van der Waals surface area contributed by atoms with Crippen molar-refractivity contribution in [3.63, 3.8) is 0 Å². The Morgan fingerprint density at radius 2 is 1.70 bits per heavy atom. The quantitative estimate of drug-likeness (QED) is 0.410. The Bertz CT molecular complexity index is 1480. The van der Waals surface area contributed by atoms with Crippen molar-refractivity contribution in [3.05, 3.63) is 75.0 Å². The van der Waals surface area contributed by atoms with Crippen LogP contribution in [0.1, 0.15) is 44.4 Å². The molecule has 1 saturated heterocycles. The molecule has 2 aromatic carbocycles. The van der Waals surface area contributed by atoms with E-state index in [9.17, 15) is 15.8 Å². The molecule has 0 aliphatic carbocycles. The van der Waals surface area contributed by atoms with Crippen LogP contribution in [0, 0.1) is 40.6 Å². The third-order valence-electron chi connectivity index (χ3n) is 6.05. The predicted molar refractivity (Wildman–Crippen MR) is 119 cm³/mol. The number of benzene rings is 2. The minimum absolute atomic E-state index is 0.106. The Kier molecular flexibility index (Phi) is 5.12. The SMILES string of the molecule is [C-]#[N+]c1cc(C#N)cc(/C(C#N)=C2/N=c3ccc(B4OC(C)(C)C(C)(C)O4)c(C#N)c3=N2)c1. The van der Waals surface area contributed by atoms with Gasteiger partial charge in [0.15, 0.2) is 11.5 Å². The van der Waals surface area contributed by atoms with Gasteiger partial charge in [-0.05, 0) is 57.5 Å². The Hall–Kier alpha value is -4.28. The molecule has 8 nitrogen and oxygen atoms in total. The molecule has 2 aliphatic rings. The van der Waals surface area contributed by atoms with Crippen LogP contribution in [0.15, 0.2) is 46.1 Å². The highest BCUT2D eigenvalue weighted by Gasteiger charge is 2.52. The lowest BCUT2D eigenvalue weighted by molar-refractivity contribution is 0.00578. The second-order valence-corrected chi connectivity index (χ2v) is 8.62. The molecule has 2 aliphatic heterocycles. The van der Waals surface area contributed by atoms with E-state index in [2.05, 4.69) is 27.0 Å². The summed E-state index contributed by atoms with van der Waals surface area (Å²) >= 11 is 0. The van der Waals surface area contributed by atoms with Crippen LogP contribution < -0.4 is 16.2 Å². The summed E-state index contributed by atoms with van der Waals surface area (Å²) in [5.74, 6) is 0.112. The van der Waals surface area contributed by atoms with Crippen LogP contribution in [0.4, 0.5) is 5.69 Å². The van der Waals surface area contributed by atoms with Crippen LogP contribution in [0.25, 0.3) is 10.4 Å². The van der Waals surface area contributed by atoms with Gasteiger partial charge in [-0.3, -0.25) is 0 Å². The standard InChI is InChI=1S/C24H17BN6O2/c1-23(2)24(3,4)33-25(32-23)19-6-7-20-21(18(19)13-28)31-22(30-20)17(12-27)15-8-14(11-26)9-16(10-15)29-5/h6-10H,1-4H3/b22-17-. The van der Waals surface area contributed by atoms with E-state index in [4.69, 9.17) is 15.9 Å². The first-order chi connectivity index (χ1) is 15.6. The van der Waals surface area contributed by atoms with E-state index < -0.39 is 18.3 Å². The molecule has 0 atom stereocenters. The number of rotatable bonds is 2. The van der Waals surface area contributed by atoms with Gasteiger partial charge in [-0.2, -0.15) is 15.8 Å². The molecule has 0 saturated carbocycles. The third kappa shape index (κ3) is 3.57. The second kappa shape index (κ2) is 7.70. The lowest BCUT2D eigenvalue weighted by Crippen LogP contribution is -2.42. The maximum absolute atomic E-state index is 9.93. The molecule has 0 bridgehead atoms. The molecular weight excluding hydrogens is 415 g/mol. The number of hydrogen-bond acceptors (Lipinski definition) is 7. The number of allylic oxidation sites excluding steroid dienone is 1. The monoisotopic (exact) mass is 432 g/mol. The van der Waals surface area contributed by atoms with Gasteiger partial charge in [-0.1, -0.05) is 6.07 Å². The summed E-state index contributed by atoms with van der Waals surface area (Å²) in [5, 5.41) is 29.8. The highest BCUT2D eigenvalue weighted by molar-refractivity contribution is 6.62. The van der Waals surface area contributed by atoms with E-state index in [0.717, 1.165) is 0 Å². The molecule has 1 fully saturated rings. The molecule has 158 valence electrons. The fraction of sp³-hybridized carbons (Fsp3) is 0.250. The highest BCUT2D eigenvalue weighted by Crippen LogP contribution is 2.36. The molecular formula is C24H17BN6O2. The lowest BCUT2D eigenvalue weighted by Gasteiger charge is -2.32. The molecule has 0 unspecified atom stereocenters. The van der Waals surface area contributed by atoms with Crippen molar-refractivity contribution in [3.8, 4) is 18.2 Å². The van der Waals surface area contributed by atoms with Gasteiger partial charge in [-0.25, -0.2) is 14.8 Å². The van der Waals surface area contributed by atoms with Crippen LogP contribution >= 0.6 is 0 Å². The zero-order chi connectivity index (χ0) is 24.0. The Balaban J connectivity index is 1.88. The minimum atomic E-state index is -0.748. The average Bonchev–Trinajstić information content (AvgIpc) is 3.30. The number of hydrogen-bond donors (Lipinski definition) is 0. The first kappa shape index (κ1) is 21.9. The van der Waals surface area contributed by atoms with Gasteiger partial charge in [0, 0.05) is 11.0 Å². The molecule has 9 heteroatoms. The Labute approximate surface area is 191 Å². The molecule has 0 spiro atoms. The normalized spacial score (nSPS) is 18.6. The predicted octanol–water partition coefficient (Wildman–Crippen LogP) is 2.43. The first-order valence-corrected chi connectivity index (χ1v) is 10.1. The topological polar surface area (TPSA) is 119 Å². The van der Waals surface area contributed by atoms with E-state index in [-0.39, 0.29) is 28.2 Å². The second-order valence-electron chi connectivity index (χ2n) is 8.62. The van der Waals surface area contributed by atoms with Crippen molar-refractivity contribution in [2.45, 2.75) is 38.9 Å². The van der Waals surface area contributed by atoms with Gasteiger partial charge in [0.2, 0.25) is 0 Å². The van der Waals surface area contributed by atoms with Crippen LogP contribution in [-0.2, 0) is 9.31 Å².